The van der Waals surface area contributed by atoms with Gasteiger partial charge >= 0.3 is 12.1 Å². The average molecular weight is 550 g/mol. The van der Waals surface area contributed by atoms with Gasteiger partial charge in [-0.1, -0.05) is 45.4 Å². The summed E-state index contributed by atoms with van der Waals surface area (Å²) < 4.78 is 11.3. The molecule has 1 aliphatic heterocycles. The Balaban J connectivity index is 2.12. The lowest BCUT2D eigenvalue weighted by molar-refractivity contribution is -0.142. The Bertz CT molecular complexity index is 905. The van der Waals surface area contributed by atoms with Crippen molar-refractivity contribution in [1.82, 2.24) is 15.5 Å². The van der Waals surface area contributed by atoms with Crippen LogP contribution >= 0.6 is 0 Å². The van der Waals surface area contributed by atoms with Crippen LogP contribution in [-0.4, -0.2) is 70.8 Å². The van der Waals surface area contributed by atoms with Gasteiger partial charge in [-0.25, -0.2) is 4.79 Å². The summed E-state index contributed by atoms with van der Waals surface area (Å²) in [7, 11) is 0. The molecule has 2 fully saturated rings. The van der Waals surface area contributed by atoms with Gasteiger partial charge in [0.2, 0.25) is 11.8 Å². The number of aliphatic carboxylic acids is 1. The van der Waals surface area contributed by atoms with Crippen LogP contribution in [0, 0.1) is 11.8 Å². The lowest BCUT2D eigenvalue weighted by Crippen LogP contribution is -2.54. The molecule has 0 aromatic heterocycles. The topological polar surface area (TPSA) is 134 Å². The van der Waals surface area contributed by atoms with Crippen molar-refractivity contribution < 1.29 is 33.8 Å². The number of nitrogens with zero attached hydrogens (tertiary/aromatic N) is 1. The van der Waals surface area contributed by atoms with Crippen molar-refractivity contribution in [2.24, 2.45) is 11.8 Å². The Kier molecular flexibility index (Phi) is 12.3. The number of carbonyl (C=O) groups excluding carboxylic acids is 3. The third-order valence-corrected chi connectivity index (χ3v) is 6.61. The molecule has 0 unspecified atom stereocenters. The van der Waals surface area contributed by atoms with Gasteiger partial charge in [0.15, 0.2) is 0 Å². The van der Waals surface area contributed by atoms with Crippen LogP contribution in [0.4, 0.5) is 4.79 Å². The number of carbonyl (C=O) groups is 4. The quantitative estimate of drug-likeness (QED) is 0.159. The van der Waals surface area contributed by atoms with E-state index in [9.17, 15) is 19.2 Å². The highest BCUT2D eigenvalue weighted by Crippen LogP contribution is 2.30. The molecule has 0 bridgehead atoms. The van der Waals surface area contributed by atoms with Crippen LogP contribution in [-0.2, 0) is 23.9 Å². The summed E-state index contributed by atoms with van der Waals surface area (Å²) in [5, 5.41) is 14.1. The molecule has 2 rings (SSSR count). The van der Waals surface area contributed by atoms with E-state index in [0.717, 1.165) is 25.2 Å². The maximum atomic E-state index is 13.8. The number of rotatable bonds is 15. The van der Waals surface area contributed by atoms with Crippen molar-refractivity contribution in [3.8, 4) is 0 Å². The van der Waals surface area contributed by atoms with Crippen LogP contribution in [0.3, 0.4) is 0 Å². The average Bonchev–Trinajstić information content (AvgIpc) is 3.56. The van der Waals surface area contributed by atoms with E-state index in [1.165, 1.54) is 17.7 Å². The molecule has 0 radical (unpaired) electrons. The van der Waals surface area contributed by atoms with Crippen molar-refractivity contribution in [1.29, 1.82) is 0 Å². The molecule has 3 N–H and O–H groups in total. The van der Waals surface area contributed by atoms with Gasteiger partial charge in [0.25, 0.3) is 0 Å². The summed E-state index contributed by atoms with van der Waals surface area (Å²) in [6, 6.07) is -1.83. The van der Waals surface area contributed by atoms with Crippen LogP contribution in [0.25, 0.3) is 0 Å². The molecule has 3 amide bonds. The predicted molar refractivity (Wildman–Crippen MR) is 148 cm³/mol. The van der Waals surface area contributed by atoms with Crippen LogP contribution in [0.15, 0.2) is 24.5 Å². The van der Waals surface area contributed by atoms with Crippen LogP contribution < -0.4 is 10.6 Å². The second-order valence-corrected chi connectivity index (χ2v) is 11.8. The van der Waals surface area contributed by atoms with Gasteiger partial charge in [-0.2, -0.15) is 0 Å². The molecule has 1 heterocycles. The smallest absolute Gasteiger partial charge is 0.408 e. The monoisotopic (exact) mass is 549 g/mol. The zero-order valence-electron chi connectivity index (χ0n) is 24.2. The Morgan fingerprint density at radius 1 is 1.13 bits per heavy atom. The molecule has 0 aromatic carbocycles. The number of allylic oxidation sites excluding steroid dienone is 3. The Morgan fingerprint density at radius 3 is 2.41 bits per heavy atom. The molecule has 0 spiro atoms. The van der Waals surface area contributed by atoms with Gasteiger partial charge in [-0.15, -0.1) is 0 Å². The molecule has 2 aliphatic rings. The number of amides is 3. The van der Waals surface area contributed by atoms with E-state index in [1.807, 2.05) is 13.8 Å². The lowest BCUT2D eigenvalue weighted by Gasteiger charge is -2.29. The first kappa shape index (κ1) is 32.2. The minimum atomic E-state index is -1.18. The standard InChI is InChI=1S/C29H47N3O7/c1-19(2)20(3)38-22-16-24(26(35)30-17-25(33)34)32(18-22)27(36)23(31-28(37)39-29(4,5)6)13-11-9-7-8-10-12-21-14-15-21/h10,12,19,21-24H,3,7-9,11,13-18H2,1-2,4-6H3,(H,30,35)(H,31,37)(H,33,34)/b12-10-/t22-,23+,24+/m1/s1. The third-order valence-electron chi connectivity index (χ3n) is 6.61. The third kappa shape index (κ3) is 12.1. The minimum absolute atomic E-state index is 0.0507. The molecule has 1 aliphatic carbocycles. The number of alkyl carbamates (subject to hydrolysis) is 1. The van der Waals surface area contributed by atoms with Gasteiger partial charge in [0.1, 0.15) is 30.3 Å². The summed E-state index contributed by atoms with van der Waals surface area (Å²) in [5.41, 5.74) is -0.741. The highest BCUT2D eigenvalue weighted by molar-refractivity contribution is 5.93. The molecule has 3 atom stereocenters. The number of ether oxygens (including phenoxy) is 2. The number of carboxylic acid groups (broad SMARTS) is 1. The van der Waals surface area contributed by atoms with Gasteiger partial charge < -0.3 is 30.1 Å². The van der Waals surface area contributed by atoms with Crippen molar-refractivity contribution in [2.75, 3.05) is 13.1 Å². The number of unbranched alkanes of at least 4 members (excludes halogenated alkanes) is 3. The molecular weight excluding hydrogens is 502 g/mol. The molecule has 10 nitrogen and oxygen atoms in total. The molecule has 0 aromatic rings. The summed E-state index contributed by atoms with van der Waals surface area (Å²) in [6.45, 7) is 12.6. The molecule has 10 heteroatoms. The second-order valence-electron chi connectivity index (χ2n) is 11.8. The van der Waals surface area contributed by atoms with Gasteiger partial charge in [-0.05, 0) is 58.8 Å². The number of likely N-dealkylation sites (tertiary alicyclic amines) is 1. The van der Waals surface area contributed by atoms with Crippen LogP contribution in [0.5, 0.6) is 0 Å². The first-order valence-electron chi connectivity index (χ1n) is 14.1. The molecule has 39 heavy (non-hydrogen) atoms. The Hall–Kier alpha value is -3.04. The normalized spacial score (nSPS) is 20.1. The van der Waals surface area contributed by atoms with Gasteiger partial charge in [0, 0.05) is 12.3 Å². The fourth-order valence-corrected chi connectivity index (χ4v) is 4.28. The summed E-state index contributed by atoms with van der Waals surface area (Å²) >= 11 is 0. The SMILES string of the molecule is C=C(O[C@@H]1C[C@@H](C(=O)NCC(=O)O)N(C(=O)[C@H](CCCCC/C=C\C2CC2)NC(=O)OC(C)(C)C)C1)C(C)C. The van der Waals surface area contributed by atoms with E-state index in [2.05, 4.69) is 29.4 Å². The number of carboxylic acids is 1. The number of hydrogen-bond acceptors (Lipinski definition) is 6. The Labute approximate surface area is 232 Å². The maximum Gasteiger partial charge on any atom is 0.408 e. The van der Waals surface area contributed by atoms with E-state index in [0.29, 0.717) is 18.6 Å². The van der Waals surface area contributed by atoms with E-state index in [1.54, 1.807) is 20.8 Å². The fraction of sp³-hybridized carbons (Fsp3) is 0.724. The summed E-state index contributed by atoms with van der Waals surface area (Å²) in [6.07, 6.45) is 9.98. The second kappa shape index (κ2) is 14.9. The van der Waals surface area contributed by atoms with Crippen molar-refractivity contribution >= 4 is 23.9 Å². The number of hydrogen-bond donors (Lipinski definition) is 3. The first-order valence-corrected chi connectivity index (χ1v) is 14.1. The minimum Gasteiger partial charge on any atom is -0.493 e. The van der Waals surface area contributed by atoms with Crippen LogP contribution in [0.2, 0.25) is 0 Å². The molecule has 220 valence electrons. The zero-order valence-corrected chi connectivity index (χ0v) is 24.2. The zero-order chi connectivity index (χ0) is 29.2. The van der Waals surface area contributed by atoms with Crippen molar-refractivity contribution in [2.45, 2.75) is 110 Å². The summed E-state index contributed by atoms with van der Waals surface area (Å²) in [5.74, 6) is -0.849. The number of nitrogens with one attached hydrogen (secondary N) is 2. The largest absolute Gasteiger partial charge is 0.493 e. The fourth-order valence-electron chi connectivity index (χ4n) is 4.28. The lowest BCUT2D eigenvalue weighted by atomic mass is 10.0. The molecular formula is C29H47N3O7. The van der Waals surface area contributed by atoms with Gasteiger partial charge in [0.05, 0.1) is 12.3 Å². The van der Waals surface area contributed by atoms with E-state index >= 15 is 0 Å². The molecule has 1 saturated carbocycles. The predicted octanol–water partition coefficient (Wildman–Crippen LogP) is 4.15. The highest BCUT2D eigenvalue weighted by Gasteiger charge is 2.43. The molecule has 1 saturated heterocycles. The van der Waals surface area contributed by atoms with Crippen LogP contribution in [0.1, 0.15) is 86.0 Å². The Morgan fingerprint density at radius 2 is 1.82 bits per heavy atom. The summed E-state index contributed by atoms with van der Waals surface area (Å²) in [4.78, 5) is 51.7. The maximum absolute atomic E-state index is 13.8. The van der Waals surface area contributed by atoms with Crippen molar-refractivity contribution in [3.05, 3.63) is 24.5 Å². The van der Waals surface area contributed by atoms with E-state index in [4.69, 9.17) is 14.6 Å². The van der Waals surface area contributed by atoms with Gasteiger partial charge in [-0.3, -0.25) is 14.4 Å². The van der Waals surface area contributed by atoms with E-state index in [-0.39, 0.29) is 18.9 Å². The van der Waals surface area contributed by atoms with Crippen molar-refractivity contribution in [3.63, 3.8) is 0 Å². The highest BCUT2D eigenvalue weighted by atomic mass is 16.6. The first-order chi connectivity index (χ1) is 18.3. The van der Waals surface area contributed by atoms with E-state index < -0.39 is 54.2 Å².